The number of nitrogens with two attached hydrogens (primary N) is 1. The highest BCUT2D eigenvalue weighted by Gasteiger charge is 2.44. The van der Waals surface area contributed by atoms with Gasteiger partial charge in [0, 0.05) is 29.7 Å². The molecule has 35 heavy (non-hydrogen) atoms. The van der Waals surface area contributed by atoms with Gasteiger partial charge in [0.2, 0.25) is 0 Å². The second-order valence-corrected chi connectivity index (χ2v) is 8.57. The summed E-state index contributed by atoms with van der Waals surface area (Å²) in [6.45, 7) is 3.99. The van der Waals surface area contributed by atoms with Crippen LogP contribution in [-0.4, -0.2) is 42.8 Å². The number of rotatable bonds is 4. The van der Waals surface area contributed by atoms with Gasteiger partial charge in [-0.1, -0.05) is 30.3 Å². The fraction of sp³-hybridized carbons (Fsp3) is 0.200. The third-order valence-corrected chi connectivity index (χ3v) is 6.09. The molecule has 0 unspecified atom stereocenters. The number of hydrazone groups is 1. The van der Waals surface area contributed by atoms with Crippen LogP contribution in [0.3, 0.4) is 0 Å². The van der Waals surface area contributed by atoms with Gasteiger partial charge in [0.05, 0.1) is 12.2 Å². The maximum absolute atomic E-state index is 13.7. The summed E-state index contributed by atoms with van der Waals surface area (Å²) in [4.78, 5) is 23.6. The molecule has 0 bridgehead atoms. The molecule has 0 atom stereocenters. The van der Waals surface area contributed by atoms with Gasteiger partial charge in [-0.3, -0.25) is 9.78 Å². The molecule has 10 heteroatoms. The SMILES string of the molecule is Cc1cc(C2=C(c3ccccc3)N=C(N)N3CN(Cc4ccc(F)c(=O)n4C)[N+]([O-])=C23)cc(C)n1. The Balaban J connectivity index is 1.69. The van der Waals surface area contributed by atoms with Gasteiger partial charge < -0.3 is 15.5 Å². The summed E-state index contributed by atoms with van der Waals surface area (Å²) in [6.07, 6.45) is 0. The number of aliphatic imine (C=N–C) groups is 1. The molecule has 1 aromatic carbocycles. The lowest BCUT2D eigenvalue weighted by Gasteiger charge is -2.22. The summed E-state index contributed by atoms with van der Waals surface area (Å²) < 4.78 is 14.9. The Kier molecular flexibility index (Phi) is 5.35. The number of hydrogen-bond acceptors (Lipinski definition) is 7. The second kappa shape index (κ2) is 8.39. The van der Waals surface area contributed by atoms with Crippen LogP contribution in [0.25, 0.3) is 11.3 Å². The molecular formula is C25H24FN7O2. The minimum absolute atomic E-state index is 0.0746. The topological polar surface area (TPSA) is 106 Å². The average molecular weight is 474 g/mol. The van der Waals surface area contributed by atoms with Crippen molar-refractivity contribution in [2.75, 3.05) is 6.67 Å². The number of amidine groups is 1. The quantitative estimate of drug-likeness (QED) is 0.461. The van der Waals surface area contributed by atoms with Crippen LogP contribution in [-0.2, 0) is 13.6 Å². The van der Waals surface area contributed by atoms with Crippen LogP contribution >= 0.6 is 0 Å². The van der Waals surface area contributed by atoms with Crippen molar-refractivity contribution in [3.05, 3.63) is 104 Å². The average Bonchev–Trinajstić information content (AvgIpc) is 3.16. The highest BCUT2D eigenvalue weighted by Crippen LogP contribution is 2.35. The Hall–Kier alpha value is -4.47. The molecule has 0 saturated heterocycles. The molecule has 5 rings (SSSR count). The fourth-order valence-electron chi connectivity index (χ4n) is 4.43. The van der Waals surface area contributed by atoms with E-state index in [4.69, 9.17) is 10.7 Å². The zero-order valence-corrected chi connectivity index (χ0v) is 19.6. The molecule has 9 nitrogen and oxygen atoms in total. The zero-order valence-electron chi connectivity index (χ0n) is 19.6. The van der Waals surface area contributed by atoms with Crippen molar-refractivity contribution in [3.63, 3.8) is 0 Å². The highest BCUT2D eigenvalue weighted by molar-refractivity contribution is 6.33. The number of pyridine rings is 2. The van der Waals surface area contributed by atoms with Gasteiger partial charge in [-0.15, -0.1) is 0 Å². The van der Waals surface area contributed by atoms with Crippen molar-refractivity contribution < 1.29 is 9.24 Å². The predicted octanol–water partition coefficient (Wildman–Crippen LogP) is 2.33. The number of halogens is 1. The minimum Gasteiger partial charge on any atom is -0.692 e. The van der Waals surface area contributed by atoms with E-state index in [1.54, 1.807) is 4.90 Å². The van der Waals surface area contributed by atoms with Gasteiger partial charge >= 0.3 is 5.84 Å². The largest absolute Gasteiger partial charge is 0.692 e. The molecule has 2 N–H and O–H groups in total. The Bertz CT molecular complexity index is 1470. The molecule has 4 heterocycles. The standard InChI is InChI=1S/C25H24FN7O2/c1-15-11-18(12-16(2)28-15)21-22(17-7-5-4-6-8-17)29-25(27)32-14-31(33(35)23(21)32)13-19-9-10-20(26)24(34)30(19)3/h4-12H,13-14H2,1-3H3,(H2,27,29). The smallest absolute Gasteiger partial charge is 0.318 e. The monoisotopic (exact) mass is 473 g/mol. The lowest BCUT2D eigenvalue weighted by molar-refractivity contribution is -0.630. The van der Waals surface area contributed by atoms with E-state index in [1.165, 1.54) is 22.7 Å². The van der Waals surface area contributed by atoms with E-state index in [1.807, 2.05) is 56.3 Å². The third-order valence-electron chi connectivity index (χ3n) is 6.09. The number of nitrogens with zero attached hydrogens (tertiary/aromatic N) is 6. The number of guanidine groups is 1. The molecular weight excluding hydrogens is 449 g/mol. The first kappa shape index (κ1) is 22.3. The molecule has 0 saturated carbocycles. The molecule has 0 fully saturated rings. The van der Waals surface area contributed by atoms with Gasteiger partial charge in [-0.05, 0) is 43.7 Å². The summed E-state index contributed by atoms with van der Waals surface area (Å²) >= 11 is 0. The van der Waals surface area contributed by atoms with Crippen molar-refractivity contribution >= 4 is 23.1 Å². The number of benzene rings is 1. The number of fused-ring (bicyclic) bond motifs is 1. The molecule has 0 aliphatic carbocycles. The molecule has 2 aliphatic rings. The number of hydrogen-bond donors (Lipinski definition) is 1. The van der Waals surface area contributed by atoms with Crippen LogP contribution in [0.2, 0.25) is 0 Å². The molecule has 0 spiro atoms. The Morgan fingerprint density at radius 1 is 1.09 bits per heavy atom. The van der Waals surface area contributed by atoms with E-state index in [0.29, 0.717) is 22.8 Å². The van der Waals surface area contributed by atoms with Crippen LogP contribution < -0.4 is 11.3 Å². The predicted molar refractivity (Wildman–Crippen MR) is 131 cm³/mol. The lowest BCUT2D eigenvalue weighted by Crippen LogP contribution is -2.44. The first-order valence-corrected chi connectivity index (χ1v) is 11.1. The van der Waals surface area contributed by atoms with Crippen LogP contribution in [0, 0.1) is 24.9 Å². The molecule has 178 valence electrons. The summed E-state index contributed by atoms with van der Waals surface area (Å²) in [5.41, 5.74) is 10.5. The highest BCUT2D eigenvalue weighted by atomic mass is 19.1. The lowest BCUT2D eigenvalue weighted by atomic mass is 9.96. The Morgan fingerprint density at radius 3 is 2.46 bits per heavy atom. The molecule has 0 amide bonds. The summed E-state index contributed by atoms with van der Waals surface area (Å²) in [5.74, 6) is -0.337. The van der Waals surface area contributed by atoms with Crippen LogP contribution in [0.15, 0.2) is 64.4 Å². The minimum atomic E-state index is -0.846. The maximum Gasteiger partial charge on any atom is 0.318 e. The van der Waals surface area contributed by atoms with E-state index < -0.39 is 11.4 Å². The summed E-state index contributed by atoms with van der Waals surface area (Å²) in [5, 5.41) is 15.2. The normalized spacial score (nSPS) is 15.6. The van der Waals surface area contributed by atoms with Crippen LogP contribution in [0.1, 0.15) is 28.2 Å². The summed E-state index contributed by atoms with van der Waals surface area (Å²) in [6, 6.07) is 16.0. The van der Waals surface area contributed by atoms with Crippen molar-refractivity contribution in [2.45, 2.75) is 20.4 Å². The number of aryl methyl sites for hydroxylation is 2. The van der Waals surface area contributed by atoms with E-state index in [2.05, 4.69) is 4.98 Å². The van der Waals surface area contributed by atoms with E-state index in [0.717, 1.165) is 33.4 Å². The van der Waals surface area contributed by atoms with E-state index >= 15 is 0 Å². The van der Waals surface area contributed by atoms with Gasteiger partial charge in [0.15, 0.2) is 12.5 Å². The van der Waals surface area contributed by atoms with Crippen molar-refractivity contribution in [1.29, 1.82) is 0 Å². The van der Waals surface area contributed by atoms with Gasteiger partial charge in [0.1, 0.15) is 5.57 Å². The van der Waals surface area contributed by atoms with E-state index in [-0.39, 0.29) is 19.2 Å². The molecule has 3 aromatic rings. The number of hydrazine groups is 1. The van der Waals surface area contributed by atoms with Gasteiger partial charge in [0.25, 0.3) is 11.5 Å². The van der Waals surface area contributed by atoms with Crippen LogP contribution in [0.4, 0.5) is 4.39 Å². The van der Waals surface area contributed by atoms with Gasteiger partial charge in [-0.2, -0.15) is 19.7 Å². The first-order chi connectivity index (χ1) is 16.7. The van der Waals surface area contributed by atoms with Crippen molar-refractivity contribution in [1.82, 2.24) is 19.5 Å². The first-order valence-electron chi connectivity index (χ1n) is 11.1. The van der Waals surface area contributed by atoms with Gasteiger partial charge in [-0.25, -0.2) is 4.39 Å². The third kappa shape index (κ3) is 3.82. The summed E-state index contributed by atoms with van der Waals surface area (Å²) in [7, 11) is 1.48. The molecule has 2 aliphatic heterocycles. The van der Waals surface area contributed by atoms with Crippen LogP contribution in [0.5, 0.6) is 0 Å². The zero-order chi connectivity index (χ0) is 24.9. The van der Waals surface area contributed by atoms with E-state index in [9.17, 15) is 14.4 Å². The Morgan fingerprint density at radius 2 is 1.77 bits per heavy atom. The second-order valence-electron chi connectivity index (χ2n) is 8.57. The van der Waals surface area contributed by atoms with Crippen molar-refractivity contribution in [3.8, 4) is 0 Å². The molecule has 0 radical (unpaired) electrons. The van der Waals surface area contributed by atoms with Crippen molar-refractivity contribution in [2.24, 2.45) is 17.8 Å². The maximum atomic E-state index is 13.7. The molecule has 2 aromatic heterocycles. The Labute approximate surface area is 201 Å². The number of aromatic nitrogens is 2. The fourth-order valence-corrected chi connectivity index (χ4v) is 4.43.